The second kappa shape index (κ2) is 30.1. The summed E-state index contributed by atoms with van der Waals surface area (Å²) in [5, 5.41) is 17.8. The molecule has 17 heteroatoms. The van der Waals surface area contributed by atoms with Gasteiger partial charge >= 0.3 is 0 Å². The number of hydrogen-bond acceptors (Lipinski definition) is 13. The number of amides is 4. The molecule has 0 fully saturated rings. The number of carbonyl (C=O) groups is 8. The first kappa shape index (κ1) is 56.9. The van der Waals surface area contributed by atoms with Gasteiger partial charge in [-0.15, -0.1) is 0 Å². The zero-order valence-corrected chi connectivity index (χ0v) is 38.6. The molecule has 0 unspecified atom stereocenters. The van der Waals surface area contributed by atoms with Gasteiger partial charge in [0.2, 0.25) is 23.6 Å². The summed E-state index contributed by atoms with van der Waals surface area (Å²) in [6, 6.07) is 3.22. The fourth-order valence-corrected chi connectivity index (χ4v) is 6.74. The lowest BCUT2D eigenvalue weighted by molar-refractivity contribution is -0.130. The Labute approximate surface area is 379 Å². The van der Waals surface area contributed by atoms with Crippen LogP contribution in [-0.4, -0.2) is 94.7 Å². The number of nitrogens with one attached hydrogen (secondary N) is 5. The van der Waals surface area contributed by atoms with Crippen LogP contribution in [0.5, 0.6) is 5.75 Å². The Hall–Kier alpha value is -5.10. The standard InChI is InChI=1S/C47H76N8O9/c1-6-34(2)40(33-59)53-44(64)47(50,27-19-15-14-16-24-45(4,49)42(62)51-35(3)30-56)26-18-13-11-9-7-8-10-12-17-25-46(5,55-54-38(32-58)29-41(48)61)43(63)52-37(31-57)28-36-20-22-39(60)23-21-36/h9,11,14-15,20-23,30-35,37-38,40,54-55,60H,6-8,10,12-13,16-19,24-29,49-50H2,1-5H3,(H2,48,61)(H,51,62)(H,52,63)(H,53,64)/b11-9?,15-14-/t34-,35-,37-,38-,40+,45-,46-,47-/m0/s1. The van der Waals surface area contributed by atoms with Crippen molar-refractivity contribution in [1.82, 2.24) is 26.8 Å². The van der Waals surface area contributed by atoms with E-state index in [2.05, 4.69) is 39.0 Å². The van der Waals surface area contributed by atoms with E-state index in [0.717, 1.165) is 37.5 Å². The minimum Gasteiger partial charge on any atom is -0.508 e. The van der Waals surface area contributed by atoms with Gasteiger partial charge in [-0.05, 0) is 115 Å². The van der Waals surface area contributed by atoms with Crippen molar-refractivity contribution in [3.05, 3.63) is 54.1 Å². The second-order valence-corrected chi connectivity index (χ2v) is 17.5. The topological polar surface area (TPSA) is 295 Å². The number of nitrogens with two attached hydrogens (primary N) is 3. The van der Waals surface area contributed by atoms with Crippen molar-refractivity contribution in [1.29, 1.82) is 0 Å². The molecule has 0 saturated heterocycles. The van der Waals surface area contributed by atoms with Crippen LogP contribution < -0.4 is 44.0 Å². The molecule has 0 radical (unpaired) electrons. The molecular formula is C47H76N8O9. The lowest BCUT2D eigenvalue weighted by Gasteiger charge is -2.32. The highest BCUT2D eigenvalue weighted by Gasteiger charge is 2.36. The molecule has 1 aromatic rings. The predicted molar refractivity (Wildman–Crippen MR) is 247 cm³/mol. The van der Waals surface area contributed by atoms with Gasteiger partial charge in [-0.3, -0.25) is 19.2 Å². The SMILES string of the molecule is CC[C@H](C)[C@@H](C=O)NC(=O)[C@@](N)(CC/C=C\CC[C@](C)(N)C(=O)N[C@@H](C)C=O)CCCC=CCCCCCC[C@](C)(NN[C@H](C=O)CC(N)=O)C(=O)N[C@H](C=O)Cc1ccc(O)cc1. The predicted octanol–water partition coefficient (Wildman–Crippen LogP) is 2.95. The maximum Gasteiger partial charge on any atom is 0.241 e. The van der Waals surface area contributed by atoms with Crippen molar-refractivity contribution >= 4 is 48.8 Å². The minimum atomic E-state index is -1.26. The normalized spacial score (nSPS) is 16.8. The molecular weight excluding hydrogens is 821 g/mol. The highest BCUT2D eigenvalue weighted by atomic mass is 16.3. The Morgan fingerprint density at radius 1 is 0.672 bits per heavy atom. The summed E-state index contributed by atoms with van der Waals surface area (Å²) in [6.45, 7) is 8.68. The number of phenols is 1. The Balaban J connectivity index is 2.77. The minimum absolute atomic E-state index is 0.0522. The van der Waals surface area contributed by atoms with Gasteiger partial charge in [0.05, 0.1) is 35.2 Å². The average molecular weight is 897 g/mol. The molecule has 8 atom stereocenters. The third kappa shape index (κ3) is 22.0. The Kier molecular flexibility index (Phi) is 26.8. The van der Waals surface area contributed by atoms with Gasteiger partial charge in [0.1, 0.15) is 36.4 Å². The van der Waals surface area contributed by atoms with E-state index in [1.807, 2.05) is 26.0 Å². The smallest absolute Gasteiger partial charge is 0.241 e. The van der Waals surface area contributed by atoms with E-state index < -0.39 is 58.5 Å². The summed E-state index contributed by atoms with van der Waals surface area (Å²) in [5.41, 5.74) is 21.0. The monoisotopic (exact) mass is 897 g/mol. The van der Waals surface area contributed by atoms with Crippen molar-refractivity contribution in [3.8, 4) is 5.75 Å². The molecule has 0 saturated carbocycles. The largest absolute Gasteiger partial charge is 0.508 e. The third-order valence-electron chi connectivity index (χ3n) is 11.4. The number of primary amides is 1. The number of aldehydes is 4. The summed E-state index contributed by atoms with van der Waals surface area (Å²) in [6.07, 6.45) is 18.9. The fourth-order valence-electron chi connectivity index (χ4n) is 6.74. The van der Waals surface area contributed by atoms with Crippen LogP contribution in [0.2, 0.25) is 0 Å². The van der Waals surface area contributed by atoms with Crippen LogP contribution in [0.15, 0.2) is 48.6 Å². The molecule has 0 aliphatic heterocycles. The summed E-state index contributed by atoms with van der Waals surface area (Å²) in [5.74, 6) is -1.92. The van der Waals surface area contributed by atoms with Gasteiger partial charge in [-0.2, -0.15) is 0 Å². The van der Waals surface area contributed by atoms with E-state index in [1.54, 1.807) is 32.9 Å². The molecule has 0 aliphatic carbocycles. The summed E-state index contributed by atoms with van der Waals surface area (Å²) >= 11 is 0. The summed E-state index contributed by atoms with van der Waals surface area (Å²) in [4.78, 5) is 97.2. The van der Waals surface area contributed by atoms with Gasteiger partial charge in [0, 0.05) is 6.42 Å². The Morgan fingerprint density at radius 2 is 1.27 bits per heavy atom. The number of hydrogen-bond donors (Lipinski definition) is 9. The maximum atomic E-state index is 13.6. The first-order valence-corrected chi connectivity index (χ1v) is 22.5. The van der Waals surface area contributed by atoms with Crippen LogP contribution in [0.1, 0.15) is 136 Å². The summed E-state index contributed by atoms with van der Waals surface area (Å²) in [7, 11) is 0. The Bertz CT molecular complexity index is 1690. The molecule has 1 rings (SSSR count). The van der Waals surface area contributed by atoms with E-state index in [4.69, 9.17) is 17.2 Å². The van der Waals surface area contributed by atoms with Gasteiger partial charge in [0.15, 0.2) is 0 Å². The van der Waals surface area contributed by atoms with Gasteiger partial charge in [-0.1, -0.05) is 76.0 Å². The molecule has 0 spiro atoms. The zero-order valence-electron chi connectivity index (χ0n) is 38.6. The Morgan fingerprint density at radius 3 is 1.84 bits per heavy atom. The first-order chi connectivity index (χ1) is 30.3. The van der Waals surface area contributed by atoms with Crippen LogP contribution in [0.3, 0.4) is 0 Å². The average Bonchev–Trinajstić information content (AvgIpc) is 3.26. The maximum absolute atomic E-state index is 13.6. The van der Waals surface area contributed by atoms with E-state index in [1.165, 1.54) is 12.1 Å². The van der Waals surface area contributed by atoms with Crippen LogP contribution in [-0.2, 0) is 44.8 Å². The molecule has 0 bridgehead atoms. The van der Waals surface area contributed by atoms with Crippen molar-refractivity contribution in [2.75, 3.05) is 0 Å². The number of unbranched alkanes of at least 4 members (excludes halogenated alkanes) is 5. The van der Waals surface area contributed by atoms with Crippen molar-refractivity contribution in [2.45, 2.75) is 178 Å². The molecule has 64 heavy (non-hydrogen) atoms. The van der Waals surface area contributed by atoms with E-state index in [9.17, 15) is 43.5 Å². The number of rotatable bonds is 36. The van der Waals surface area contributed by atoms with Crippen LogP contribution >= 0.6 is 0 Å². The molecule has 358 valence electrons. The van der Waals surface area contributed by atoms with Gasteiger partial charge < -0.3 is 57.4 Å². The first-order valence-electron chi connectivity index (χ1n) is 22.5. The number of phenolic OH excluding ortho intramolecular Hbond substituents is 1. The molecule has 4 amide bonds. The highest BCUT2D eigenvalue weighted by molar-refractivity contribution is 5.89. The molecule has 12 N–H and O–H groups in total. The van der Waals surface area contributed by atoms with Crippen LogP contribution in [0, 0.1) is 5.92 Å². The molecule has 0 aliphatic rings. The van der Waals surface area contributed by atoms with E-state index in [-0.39, 0.29) is 30.4 Å². The van der Waals surface area contributed by atoms with Crippen molar-refractivity contribution in [2.24, 2.45) is 23.1 Å². The molecule has 0 heterocycles. The molecule has 1 aromatic carbocycles. The number of aromatic hydroxyl groups is 1. The lowest BCUT2D eigenvalue weighted by atomic mass is 9.86. The number of allylic oxidation sites excluding steroid dienone is 4. The zero-order chi connectivity index (χ0) is 48.2. The quantitative estimate of drug-likeness (QED) is 0.0203. The summed E-state index contributed by atoms with van der Waals surface area (Å²) < 4.78 is 0. The van der Waals surface area contributed by atoms with Crippen molar-refractivity contribution < 1.29 is 43.5 Å². The van der Waals surface area contributed by atoms with Crippen molar-refractivity contribution in [3.63, 3.8) is 0 Å². The van der Waals surface area contributed by atoms with Crippen LogP contribution in [0.25, 0.3) is 0 Å². The molecule has 0 aromatic heterocycles. The number of carbonyl (C=O) groups excluding carboxylic acids is 8. The highest BCUT2D eigenvalue weighted by Crippen LogP contribution is 2.22. The van der Waals surface area contributed by atoms with Gasteiger partial charge in [0.25, 0.3) is 0 Å². The van der Waals surface area contributed by atoms with Gasteiger partial charge in [-0.25, -0.2) is 10.9 Å². The lowest BCUT2D eigenvalue weighted by Crippen LogP contribution is -2.63. The number of hydrazine groups is 1. The van der Waals surface area contributed by atoms with Crippen LogP contribution in [0.4, 0.5) is 0 Å². The van der Waals surface area contributed by atoms with E-state index >= 15 is 0 Å². The molecule has 17 nitrogen and oxygen atoms in total. The fraction of sp³-hybridized carbons (Fsp3) is 0.617. The second-order valence-electron chi connectivity index (χ2n) is 17.5. The van der Waals surface area contributed by atoms with E-state index in [0.29, 0.717) is 83.1 Å². The number of benzene rings is 1. The third-order valence-corrected chi connectivity index (χ3v) is 11.4.